The second-order valence-electron chi connectivity index (χ2n) is 5.90. The largest absolute Gasteiger partial charge is 0.478 e. The number of nitro benzene ring substituents is 1. The van der Waals surface area contributed by atoms with Crippen LogP contribution in [0.4, 0.5) is 17.3 Å². The van der Waals surface area contributed by atoms with Crippen LogP contribution in [0.1, 0.15) is 0 Å². The molecular formula is C17H14ClN7O3. The van der Waals surface area contributed by atoms with Crippen LogP contribution in [-0.2, 0) is 7.05 Å². The van der Waals surface area contributed by atoms with E-state index in [2.05, 4.69) is 25.4 Å². The van der Waals surface area contributed by atoms with Crippen molar-refractivity contribution < 1.29 is 9.66 Å². The first kappa shape index (κ1) is 17.7. The van der Waals surface area contributed by atoms with Crippen molar-refractivity contribution in [2.24, 2.45) is 7.05 Å². The van der Waals surface area contributed by atoms with Crippen LogP contribution in [0.3, 0.4) is 0 Å². The third-order valence-electron chi connectivity index (χ3n) is 4.12. The van der Waals surface area contributed by atoms with Crippen molar-refractivity contribution in [1.29, 1.82) is 0 Å². The minimum atomic E-state index is -0.439. The topological polar surface area (TPSA) is 124 Å². The fraction of sp³-hybridized carbons (Fsp3) is 0.118. The average molecular weight is 400 g/mol. The van der Waals surface area contributed by atoms with E-state index in [1.54, 1.807) is 36.3 Å². The lowest BCUT2D eigenvalue weighted by molar-refractivity contribution is -0.383. The SMILES string of the molecule is COc1nn(C)cc1Nc1ncc(Cl)c(-c2c[nH]c3c([N+](=O)[O-])cccc23)n1. The normalized spacial score (nSPS) is 11.0. The lowest BCUT2D eigenvalue weighted by Gasteiger charge is -2.07. The minimum absolute atomic E-state index is 0.0210. The Morgan fingerprint density at radius 3 is 2.96 bits per heavy atom. The number of aromatic nitrogens is 5. The maximum absolute atomic E-state index is 11.3. The maximum atomic E-state index is 11.3. The van der Waals surface area contributed by atoms with Crippen molar-refractivity contribution in [3.63, 3.8) is 0 Å². The number of hydrogen-bond acceptors (Lipinski definition) is 7. The van der Waals surface area contributed by atoms with Gasteiger partial charge in [-0.3, -0.25) is 14.8 Å². The van der Waals surface area contributed by atoms with Gasteiger partial charge < -0.3 is 15.0 Å². The predicted molar refractivity (Wildman–Crippen MR) is 104 cm³/mol. The standard InChI is InChI=1S/C17H14ClN7O3/c1-24-8-12(16(23-24)28-2)21-17-20-7-11(18)14(22-17)10-6-19-15-9(10)4-3-5-13(15)25(26)27/h3-8,19H,1-2H3,(H,20,21,22). The number of para-hydroxylation sites is 1. The Hall–Kier alpha value is -3.66. The van der Waals surface area contributed by atoms with Gasteiger partial charge >= 0.3 is 0 Å². The molecule has 11 heteroatoms. The second kappa shape index (κ2) is 6.82. The number of methoxy groups -OCH3 is 1. The summed E-state index contributed by atoms with van der Waals surface area (Å²) < 4.78 is 6.81. The lowest BCUT2D eigenvalue weighted by Crippen LogP contribution is -1.99. The number of hydrogen-bond donors (Lipinski definition) is 2. The van der Waals surface area contributed by atoms with Crippen LogP contribution in [-0.4, -0.2) is 36.8 Å². The number of halogens is 1. The Balaban J connectivity index is 1.79. The van der Waals surface area contributed by atoms with E-state index < -0.39 is 4.92 Å². The van der Waals surface area contributed by atoms with Crippen molar-refractivity contribution in [2.45, 2.75) is 0 Å². The minimum Gasteiger partial charge on any atom is -0.478 e. The summed E-state index contributed by atoms with van der Waals surface area (Å²) in [7, 11) is 3.28. The Kier molecular flexibility index (Phi) is 4.32. The molecule has 0 spiro atoms. The molecule has 28 heavy (non-hydrogen) atoms. The Morgan fingerprint density at radius 1 is 1.39 bits per heavy atom. The average Bonchev–Trinajstić information content (AvgIpc) is 3.26. The number of H-pyrrole nitrogens is 1. The van der Waals surface area contributed by atoms with E-state index in [9.17, 15) is 10.1 Å². The fourth-order valence-electron chi connectivity index (χ4n) is 2.93. The highest BCUT2D eigenvalue weighted by Crippen LogP contribution is 2.36. The van der Waals surface area contributed by atoms with Gasteiger partial charge in [0.05, 0.1) is 35.1 Å². The summed E-state index contributed by atoms with van der Waals surface area (Å²) in [5, 5.41) is 19.4. The molecule has 2 N–H and O–H groups in total. The number of benzene rings is 1. The van der Waals surface area contributed by atoms with Crippen LogP contribution in [0, 0.1) is 10.1 Å². The van der Waals surface area contributed by atoms with Gasteiger partial charge in [0.2, 0.25) is 5.95 Å². The number of aromatic amines is 1. The zero-order chi connectivity index (χ0) is 19.8. The molecule has 0 bridgehead atoms. The molecule has 0 atom stereocenters. The molecule has 0 aliphatic heterocycles. The number of rotatable bonds is 5. The third kappa shape index (κ3) is 2.99. The summed E-state index contributed by atoms with van der Waals surface area (Å²) in [5.74, 6) is 0.677. The first-order chi connectivity index (χ1) is 13.5. The van der Waals surface area contributed by atoms with E-state index in [0.717, 1.165) is 0 Å². The summed E-state index contributed by atoms with van der Waals surface area (Å²) in [4.78, 5) is 22.4. The summed E-state index contributed by atoms with van der Waals surface area (Å²) >= 11 is 6.31. The Labute approximate surface area is 163 Å². The highest BCUT2D eigenvalue weighted by atomic mass is 35.5. The highest BCUT2D eigenvalue weighted by molar-refractivity contribution is 6.33. The monoisotopic (exact) mass is 399 g/mol. The van der Waals surface area contributed by atoms with Gasteiger partial charge in [-0.15, -0.1) is 5.10 Å². The van der Waals surface area contributed by atoms with Gasteiger partial charge in [-0.05, 0) is 0 Å². The molecule has 0 unspecified atom stereocenters. The molecule has 4 rings (SSSR count). The first-order valence-electron chi connectivity index (χ1n) is 8.10. The lowest BCUT2D eigenvalue weighted by atomic mass is 10.1. The van der Waals surface area contributed by atoms with Gasteiger partial charge in [-0.25, -0.2) is 9.97 Å². The molecule has 4 aromatic rings. The summed E-state index contributed by atoms with van der Waals surface area (Å²) in [6.45, 7) is 0. The molecule has 0 radical (unpaired) electrons. The van der Waals surface area contributed by atoms with Gasteiger partial charge in [0, 0.05) is 30.3 Å². The van der Waals surface area contributed by atoms with Crippen LogP contribution in [0.2, 0.25) is 5.02 Å². The molecule has 3 aromatic heterocycles. The van der Waals surface area contributed by atoms with Crippen LogP contribution in [0.25, 0.3) is 22.2 Å². The number of aryl methyl sites for hydroxylation is 1. The number of non-ortho nitro benzene ring substituents is 1. The van der Waals surface area contributed by atoms with Crippen molar-refractivity contribution in [1.82, 2.24) is 24.7 Å². The first-order valence-corrected chi connectivity index (χ1v) is 8.47. The van der Waals surface area contributed by atoms with Crippen molar-refractivity contribution in [2.75, 3.05) is 12.4 Å². The molecule has 0 fully saturated rings. The van der Waals surface area contributed by atoms with Crippen molar-refractivity contribution >= 4 is 39.8 Å². The fourth-order valence-corrected chi connectivity index (χ4v) is 3.12. The molecule has 0 amide bonds. The van der Waals surface area contributed by atoms with E-state index in [1.165, 1.54) is 19.4 Å². The van der Waals surface area contributed by atoms with E-state index in [4.69, 9.17) is 16.3 Å². The molecule has 0 saturated carbocycles. The number of nitrogens with one attached hydrogen (secondary N) is 2. The predicted octanol–water partition coefficient (Wildman–Crippen LogP) is 3.67. The molecule has 0 saturated heterocycles. The van der Waals surface area contributed by atoms with Gasteiger partial charge in [0.15, 0.2) is 0 Å². The highest BCUT2D eigenvalue weighted by Gasteiger charge is 2.19. The Bertz CT molecular complexity index is 1200. The maximum Gasteiger partial charge on any atom is 0.293 e. The Morgan fingerprint density at radius 2 is 2.21 bits per heavy atom. The van der Waals surface area contributed by atoms with E-state index >= 15 is 0 Å². The number of fused-ring (bicyclic) bond motifs is 1. The van der Waals surface area contributed by atoms with Gasteiger partial charge in [-0.1, -0.05) is 23.7 Å². The van der Waals surface area contributed by atoms with Crippen molar-refractivity contribution in [3.05, 3.63) is 51.9 Å². The van der Waals surface area contributed by atoms with Crippen molar-refractivity contribution in [3.8, 4) is 17.1 Å². The summed E-state index contributed by atoms with van der Waals surface area (Å²) in [6.07, 6.45) is 4.83. The number of anilines is 2. The third-order valence-corrected chi connectivity index (χ3v) is 4.40. The summed E-state index contributed by atoms with van der Waals surface area (Å²) in [5.41, 5.74) is 2.04. The van der Waals surface area contributed by atoms with Crippen LogP contribution in [0.5, 0.6) is 5.88 Å². The number of nitrogens with zero attached hydrogens (tertiary/aromatic N) is 5. The molecule has 142 valence electrons. The van der Waals surface area contributed by atoms with Gasteiger partial charge in [0.25, 0.3) is 11.6 Å². The smallest absolute Gasteiger partial charge is 0.293 e. The number of nitro groups is 1. The summed E-state index contributed by atoms with van der Waals surface area (Å²) in [6, 6.07) is 4.82. The quantitative estimate of drug-likeness (QED) is 0.387. The van der Waals surface area contributed by atoms with Gasteiger partial charge in [-0.2, -0.15) is 0 Å². The molecule has 0 aliphatic rings. The molecule has 1 aromatic carbocycles. The van der Waals surface area contributed by atoms with Crippen LogP contribution < -0.4 is 10.1 Å². The van der Waals surface area contributed by atoms with Crippen LogP contribution in [0.15, 0.2) is 36.8 Å². The zero-order valence-corrected chi connectivity index (χ0v) is 15.6. The molecule has 3 heterocycles. The second-order valence-corrected chi connectivity index (χ2v) is 6.31. The molecular weight excluding hydrogens is 386 g/mol. The number of ether oxygens (including phenoxy) is 1. The molecule has 10 nitrogen and oxygen atoms in total. The van der Waals surface area contributed by atoms with Gasteiger partial charge in [0.1, 0.15) is 11.2 Å². The zero-order valence-electron chi connectivity index (χ0n) is 14.8. The van der Waals surface area contributed by atoms with Crippen LogP contribution >= 0.6 is 11.6 Å². The van der Waals surface area contributed by atoms with E-state index in [0.29, 0.717) is 38.8 Å². The molecule has 0 aliphatic carbocycles. The van der Waals surface area contributed by atoms with E-state index in [1.807, 2.05) is 0 Å². The van der Waals surface area contributed by atoms with E-state index in [-0.39, 0.29) is 11.6 Å².